The first-order valence-electron chi connectivity index (χ1n) is 7.94. The molecule has 0 saturated heterocycles. The number of phenolic OH excluding ortho intramolecular Hbond substituents is 1. The van der Waals surface area contributed by atoms with Crippen molar-refractivity contribution in [1.82, 2.24) is 0 Å². The van der Waals surface area contributed by atoms with Gasteiger partial charge >= 0.3 is 0 Å². The Balaban J connectivity index is 0.00000220. The molecule has 116 valence electrons. The van der Waals surface area contributed by atoms with Gasteiger partial charge in [0.1, 0.15) is 0 Å². The molecule has 1 aromatic heterocycles. The summed E-state index contributed by atoms with van der Waals surface area (Å²) in [5.74, 6) is 0.425. The number of pyridine rings is 1. The minimum Gasteiger partial charge on any atom is -1.00 e. The van der Waals surface area contributed by atoms with Crippen molar-refractivity contribution in [2.75, 3.05) is 0 Å². The maximum Gasteiger partial charge on any atom is 0.253 e. The summed E-state index contributed by atoms with van der Waals surface area (Å²) in [6.45, 7) is 2.25. The molecule has 2 N–H and O–H groups in total. The van der Waals surface area contributed by atoms with Gasteiger partial charge in [-0.15, -0.1) is 0 Å². The van der Waals surface area contributed by atoms with Crippen LogP contribution in [-0.4, -0.2) is 5.11 Å². The Morgan fingerprint density at radius 1 is 0.952 bits per heavy atom. The topological polar surface area (TPSA) is 34.4 Å². The van der Waals surface area contributed by atoms with E-state index in [-0.39, 0.29) is 12.4 Å². The van der Waals surface area contributed by atoms with Crippen molar-refractivity contribution < 1.29 is 22.5 Å². The van der Waals surface area contributed by atoms with E-state index in [0.717, 1.165) is 29.3 Å². The third-order valence-corrected chi connectivity index (χ3v) is 3.94. The van der Waals surface area contributed by atoms with Gasteiger partial charge in [0, 0.05) is 11.6 Å². The van der Waals surface area contributed by atoms with Crippen molar-refractivity contribution in [3.8, 4) is 5.75 Å². The summed E-state index contributed by atoms with van der Waals surface area (Å²) < 4.78 is 0. The summed E-state index contributed by atoms with van der Waals surface area (Å²) in [4.78, 5) is 3.13. The highest BCUT2D eigenvalue weighted by Crippen LogP contribution is 2.26. The monoisotopic (exact) mass is 307 g/mol. The standard InChI is InChI=1S/C18H25NO.ClH/c1-2-3-4-5-6-7-8-10-16-13-12-15-11-9-14-19-17(15)18(16)20;/h9,11-14,20H,2-8,10H2,1H3;1H. The van der Waals surface area contributed by atoms with Crippen LogP contribution in [0.5, 0.6) is 5.75 Å². The summed E-state index contributed by atoms with van der Waals surface area (Å²) in [6.07, 6.45) is 12.0. The minimum atomic E-state index is 0. The molecule has 0 aliphatic rings. The van der Waals surface area contributed by atoms with E-state index < -0.39 is 0 Å². The molecular weight excluding hydrogens is 282 g/mol. The highest BCUT2D eigenvalue weighted by atomic mass is 35.5. The lowest BCUT2D eigenvalue weighted by atomic mass is 10.0. The molecule has 0 bridgehead atoms. The van der Waals surface area contributed by atoms with Gasteiger partial charge in [-0.25, -0.2) is 4.98 Å². The Labute approximate surface area is 134 Å². The second kappa shape index (κ2) is 9.62. The van der Waals surface area contributed by atoms with Crippen LogP contribution in [0.3, 0.4) is 0 Å². The highest BCUT2D eigenvalue weighted by molar-refractivity contribution is 5.82. The highest BCUT2D eigenvalue weighted by Gasteiger charge is 2.10. The zero-order valence-corrected chi connectivity index (χ0v) is 13.6. The number of rotatable bonds is 8. The van der Waals surface area contributed by atoms with Crippen molar-refractivity contribution in [1.29, 1.82) is 0 Å². The maximum atomic E-state index is 10.3. The Kier molecular flexibility index (Phi) is 8.14. The van der Waals surface area contributed by atoms with Crippen molar-refractivity contribution in [2.24, 2.45) is 0 Å². The van der Waals surface area contributed by atoms with Crippen LogP contribution < -0.4 is 17.4 Å². The van der Waals surface area contributed by atoms with Gasteiger partial charge in [0.2, 0.25) is 0 Å². The molecule has 1 aromatic carbocycles. The van der Waals surface area contributed by atoms with Gasteiger partial charge in [-0.2, -0.15) is 0 Å². The molecule has 0 atom stereocenters. The second-order valence-corrected chi connectivity index (χ2v) is 5.58. The predicted octanol–water partition coefficient (Wildman–Crippen LogP) is 1.66. The van der Waals surface area contributed by atoms with E-state index in [1.165, 1.54) is 38.5 Å². The van der Waals surface area contributed by atoms with Crippen LogP contribution in [0.2, 0.25) is 0 Å². The predicted molar refractivity (Wildman–Crippen MR) is 83.9 cm³/mol. The third-order valence-electron chi connectivity index (χ3n) is 3.94. The molecule has 0 unspecified atom stereocenters. The van der Waals surface area contributed by atoms with Crippen LogP contribution in [0.1, 0.15) is 57.4 Å². The molecule has 2 rings (SSSR count). The molecule has 0 aliphatic carbocycles. The van der Waals surface area contributed by atoms with E-state index in [1.807, 2.05) is 18.3 Å². The lowest BCUT2D eigenvalue weighted by Crippen LogP contribution is -3.00. The molecule has 0 aliphatic heterocycles. The van der Waals surface area contributed by atoms with Crippen LogP contribution in [0, 0.1) is 0 Å². The van der Waals surface area contributed by atoms with E-state index in [2.05, 4.69) is 24.0 Å². The molecule has 0 radical (unpaired) electrons. The second-order valence-electron chi connectivity index (χ2n) is 5.58. The molecule has 1 heterocycles. The quantitative estimate of drug-likeness (QED) is 0.740. The molecular formula is C18H26ClNO. The Morgan fingerprint density at radius 3 is 2.43 bits per heavy atom. The van der Waals surface area contributed by atoms with Gasteiger partial charge in [-0.3, -0.25) is 0 Å². The molecule has 0 amide bonds. The van der Waals surface area contributed by atoms with Crippen molar-refractivity contribution in [3.63, 3.8) is 0 Å². The number of hydrogen-bond acceptors (Lipinski definition) is 1. The molecule has 3 heteroatoms. The maximum absolute atomic E-state index is 10.3. The lowest BCUT2D eigenvalue weighted by Gasteiger charge is -2.05. The van der Waals surface area contributed by atoms with Crippen LogP contribution in [-0.2, 0) is 6.42 Å². The average molecular weight is 308 g/mol. The SMILES string of the molecule is CCCCCCCCCc1ccc2ccc[nH+]c2c1O.[Cl-]. The number of aromatic amines is 1. The molecule has 0 fully saturated rings. The third kappa shape index (κ3) is 5.20. The number of aryl methyl sites for hydroxylation is 1. The summed E-state index contributed by atoms with van der Waals surface area (Å²) in [7, 11) is 0. The number of aromatic nitrogens is 1. The van der Waals surface area contributed by atoms with E-state index in [0.29, 0.717) is 5.75 Å². The van der Waals surface area contributed by atoms with Crippen LogP contribution in [0.15, 0.2) is 30.5 Å². The lowest BCUT2D eigenvalue weighted by molar-refractivity contribution is -0.345. The summed E-state index contributed by atoms with van der Waals surface area (Å²) in [5.41, 5.74) is 1.92. The molecule has 0 spiro atoms. The average Bonchev–Trinajstić information content (AvgIpc) is 2.49. The normalized spacial score (nSPS) is 10.5. The smallest absolute Gasteiger partial charge is 0.253 e. The van der Waals surface area contributed by atoms with E-state index >= 15 is 0 Å². The van der Waals surface area contributed by atoms with Crippen molar-refractivity contribution in [3.05, 3.63) is 36.0 Å². The van der Waals surface area contributed by atoms with E-state index in [1.54, 1.807) is 0 Å². The van der Waals surface area contributed by atoms with Gasteiger partial charge in [0.25, 0.3) is 5.52 Å². The number of H-pyrrole nitrogens is 1. The van der Waals surface area contributed by atoms with Crippen molar-refractivity contribution in [2.45, 2.75) is 58.3 Å². The first-order chi connectivity index (χ1) is 9.83. The van der Waals surface area contributed by atoms with Gasteiger partial charge in [0.15, 0.2) is 11.9 Å². The van der Waals surface area contributed by atoms with E-state index in [4.69, 9.17) is 0 Å². The molecule has 2 nitrogen and oxygen atoms in total. The van der Waals surface area contributed by atoms with Gasteiger partial charge in [-0.1, -0.05) is 51.5 Å². The number of halogens is 1. The van der Waals surface area contributed by atoms with E-state index in [9.17, 15) is 5.11 Å². The summed E-state index contributed by atoms with van der Waals surface area (Å²) in [5, 5.41) is 11.4. The fourth-order valence-corrected chi connectivity index (χ4v) is 2.70. The number of hydrogen-bond donors (Lipinski definition) is 1. The number of benzene rings is 1. The largest absolute Gasteiger partial charge is 1.00 e. The fraction of sp³-hybridized carbons (Fsp3) is 0.500. The zero-order valence-electron chi connectivity index (χ0n) is 12.9. The van der Waals surface area contributed by atoms with Crippen molar-refractivity contribution >= 4 is 10.9 Å². The van der Waals surface area contributed by atoms with Crippen LogP contribution >= 0.6 is 0 Å². The Hall–Kier alpha value is -1.28. The molecule has 0 saturated carbocycles. The number of nitrogens with one attached hydrogen (secondary N) is 1. The number of fused-ring (bicyclic) bond motifs is 1. The van der Waals surface area contributed by atoms with Gasteiger partial charge < -0.3 is 17.5 Å². The Bertz CT molecular complexity index is 542. The fourth-order valence-electron chi connectivity index (χ4n) is 2.70. The zero-order chi connectivity index (χ0) is 14.2. The number of aromatic hydroxyl groups is 1. The number of phenols is 1. The summed E-state index contributed by atoms with van der Waals surface area (Å²) >= 11 is 0. The minimum absolute atomic E-state index is 0. The van der Waals surface area contributed by atoms with Crippen LogP contribution in [0.4, 0.5) is 0 Å². The summed E-state index contributed by atoms with van der Waals surface area (Å²) in [6, 6.07) is 8.12. The molecule has 2 aromatic rings. The van der Waals surface area contributed by atoms with Gasteiger partial charge in [-0.05, 0) is 25.0 Å². The van der Waals surface area contributed by atoms with Crippen LogP contribution in [0.25, 0.3) is 10.9 Å². The van der Waals surface area contributed by atoms with Gasteiger partial charge in [0.05, 0.1) is 5.39 Å². The Morgan fingerprint density at radius 2 is 1.67 bits per heavy atom. The first kappa shape index (κ1) is 17.8. The first-order valence-corrected chi connectivity index (χ1v) is 7.94. The number of unbranched alkanes of at least 4 members (excludes halogenated alkanes) is 6. The molecule has 21 heavy (non-hydrogen) atoms.